The highest BCUT2D eigenvalue weighted by molar-refractivity contribution is 5.80. The van der Waals surface area contributed by atoms with Gasteiger partial charge in [-0.05, 0) is 36.7 Å². The number of anilines is 1. The monoisotopic (exact) mass is 343 g/mol. The molecule has 0 spiro atoms. The predicted molar refractivity (Wildman–Crippen MR) is 104 cm³/mol. The Morgan fingerprint density at radius 3 is 2.77 bits per heavy atom. The van der Waals surface area contributed by atoms with Crippen molar-refractivity contribution in [3.8, 4) is 0 Å². The van der Waals surface area contributed by atoms with Gasteiger partial charge in [0.05, 0.1) is 16.9 Å². The Balaban J connectivity index is 1.37. The largest absolute Gasteiger partial charge is 0.355 e. The number of para-hydroxylation sites is 1. The molecule has 26 heavy (non-hydrogen) atoms. The van der Waals surface area contributed by atoms with E-state index < -0.39 is 0 Å². The van der Waals surface area contributed by atoms with E-state index in [0.717, 1.165) is 55.3 Å². The minimum atomic E-state index is 0.419. The van der Waals surface area contributed by atoms with Crippen LogP contribution in [0.25, 0.3) is 16.5 Å². The number of aromatic nitrogens is 3. The Bertz CT molecular complexity index is 975. The number of rotatable bonds is 3. The van der Waals surface area contributed by atoms with Crippen LogP contribution in [0.5, 0.6) is 0 Å². The highest BCUT2D eigenvalue weighted by atomic mass is 15.2. The second kappa shape index (κ2) is 6.50. The van der Waals surface area contributed by atoms with Crippen LogP contribution in [0.4, 0.5) is 5.82 Å². The van der Waals surface area contributed by atoms with Crippen molar-refractivity contribution >= 4 is 22.3 Å². The van der Waals surface area contributed by atoms with Crippen molar-refractivity contribution in [3.63, 3.8) is 0 Å². The quantitative estimate of drug-likeness (QED) is 0.792. The van der Waals surface area contributed by atoms with Crippen LogP contribution in [0, 0.1) is 0 Å². The summed E-state index contributed by atoms with van der Waals surface area (Å²) >= 11 is 0. The summed E-state index contributed by atoms with van der Waals surface area (Å²) in [4.78, 5) is 16.5. The Hall–Kier alpha value is -2.79. The molecule has 2 aliphatic rings. The van der Waals surface area contributed by atoms with Crippen LogP contribution in [-0.4, -0.2) is 41.1 Å². The molecule has 5 rings (SSSR count). The predicted octanol–water partition coefficient (Wildman–Crippen LogP) is 3.01. The lowest BCUT2D eigenvalue weighted by atomic mass is 9.91. The van der Waals surface area contributed by atoms with Gasteiger partial charge in [0.25, 0.3) is 0 Å². The van der Waals surface area contributed by atoms with E-state index in [2.05, 4.69) is 56.6 Å². The van der Waals surface area contributed by atoms with E-state index in [1.807, 2.05) is 18.5 Å². The highest BCUT2D eigenvalue weighted by Crippen LogP contribution is 2.34. The first-order valence-electron chi connectivity index (χ1n) is 9.20. The first kappa shape index (κ1) is 15.5. The zero-order valence-electron chi connectivity index (χ0n) is 14.6. The maximum Gasteiger partial charge on any atom is 0.129 e. The minimum Gasteiger partial charge on any atom is -0.355 e. The van der Waals surface area contributed by atoms with Gasteiger partial charge in [-0.2, -0.15) is 0 Å². The van der Waals surface area contributed by atoms with Crippen molar-refractivity contribution in [1.29, 1.82) is 0 Å². The van der Waals surface area contributed by atoms with Crippen molar-refractivity contribution in [3.05, 3.63) is 66.3 Å². The third-order valence-electron chi connectivity index (χ3n) is 5.27. The lowest BCUT2D eigenvalue weighted by molar-refractivity contribution is 0.506. The minimum absolute atomic E-state index is 0.419. The average Bonchev–Trinajstić information content (AvgIpc) is 2.68. The fourth-order valence-corrected chi connectivity index (χ4v) is 3.80. The Labute approximate surface area is 152 Å². The number of hydrogen-bond donors (Lipinski definition) is 1. The molecule has 0 unspecified atom stereocenters. The molecule has 2 aliphatic heterocycles. The van der Waals surface area contributed by atoms with Crippen molar-refractivity contribution in [2.24, 2.45) is 0 Å². The van der Waals surface area contributed by atoms with E-state index in [1.165, 1.54) is 11.0 Å². The van der Waals surface area contributed by atoms with Gasteiger partial charge in [0, 0.05) is 43.3 Å². The molecule has 0 bridgehead atoms. The van der Waals surface area contributed by atoms with Crippen LogP contribution in [0.3, 0.4) is 0 Å². The van der Waals surface area contributed by atoms with Gasteiger partial charge in [-0.25, -0.2) is 4.98 Å². The summed E-state index contributed by atoms with van der Waals surface area (Å²) in [5.74, 6) is 1.47. The first-order valence-corrected chi connectivity index (χ1v) is 9.20. The van der Waals surface area contributed by atoms with Crippen LogP contribution in [0.1, 0.15) is 23.7 Å². The lowest BCUT2D eigenvalue weighted by Crippen LogP contribution is -2.46. The number of benzene rings is 1. The SMILES string of the molecule is C1=C(c2nccnc2C2CN(c3ccc4ccccc4n3)C2)CCNC1. The Kier molecular flexibility index (Phi) is 3.87. The molecule has 2 aromatic heterocycles. The van der Waals surface area contributed by atoms with E-state index >= 15 is 0 Å². The standard InChI is InChI=1S/C21H21N5/c1-2-4-18-15(3-1)5-6-19(25-18)26-13-17(14-26)21-20(23-11-12-24-21)16-7-9-22-10-8-16/h1-7,11-12,17,22H,8-10,13-14H2. The summed E-state index contributed by atoms with van der Waals surface area (Å²) in [6.07, 6.45) is 6.90. The van der Waals surface area contributed by atoms with E-state index in [0.29, 0.717) is 5.92 Å². The summed E-state index contributed by atoms with van der Waals surface area (Å²) in [6.45, 7) is 3.83. The van der Waals surface area contributed by atoms with Crippen molar-refractivity contribution in [2.75, 3.05) is 31.1 Å². The molecule has 1 saturated heterocycles. The molecule has 1 aromatic carbocycles. The van der Waals surface area contributed by atoms with Gasteiger partial charge >= 0.3 is 0 Å². The maximum absolute atomic E-state index is 4.81. The Morgan fingerprint density at radius 2 is 1.88 bits per heavy atom. The molecule has 5 heteroatoms. The summed E-state index contributed by atoms with van der Waals surface area (Å²) in [6, 6.07) is 12.5. The third-order valence-corrected chi connectivity index (χ3v) is 5.27. The van der Waals surface area contributed by atoms with Crippen molar-refractivity contribution in [2.45, 2.75) is 12.3 Å². The highest BCUT2D eigenvalue weighted by Gasteiger charge is 2.32. The summed E-state index contributed by atoms with van der Waals surface area (Å²) in [5.41, 5.74) is 4.60. The van der Waals surface area contributed by atoms with E-state index in [9.17, 15) is 0 Å². The van der Waals surface area contributed by atoms with E-state index in [-0.39, 0.29) is 0 Å². The number of pyridine rings is 1. The van der Waals surface area contributed by atoms with Crippen LogP contribution < -0.4 is 10.2 Å². The third kappa shape index (κ3) is 2.74. The van der Waals surface area contributed by atoms with Crippen LogP contribution >= 0.6 is 0 Å². The normalized spacial score (nSPS) is 17.8. The van der Waals surface area contributed by atoms with Gasteiger partial charge in [0.15, 0.2) is 0 Å². The summed E-state index contributed by atoms with van der Waals surface area (Å²) in [5, 5.41) is 4.55. The van der Waals surface area contributed by atoms with Gasteiger partial charge in [-0.1, -0.05) is 24.3 Å². The zero-order valence-corrected chi connectivity index (χ0v) is 14.6. The molecular formula is C21H21N5. The molecule has 0 saturated carbocycles. The number of hydrogen-bond acceptors (Lipinski definition) is 5. The second-order valence-corrected chi connectivity index (χ2v) is 6.94. The van der Waals surface area contributed by atoms with Crippen LogP contribution in [-0.2, 0) is 0 Å². The van der Waals surface area contributed by atoms with Crippen LogP contribution in [0.15, 0.2) is 54.9 Å². The Morgan fingerprint density at radius 1 is 1.00 bits per heavy atom. The van der Waals surface area contributed by atoms with Crippen molar-refractivity contribution < 1.29 is 0 Å². The summed E-state index contributed by atoms with van der Waals surface area (Å²) in [7, 11) is 0. The topological polar surface area (TPSA) is 53.9 Å². The summed E-state index contributed by atoms with van der Waals surface area (Å²) < 4.78 is 0. The molecule has 0 radical (unpaired) electrons. The van der Waals surface area contributed by atoms with Crippen molar-refractivity contribution in [1.82, 2.24) is 20.3 Å². The molecule has 0 atom stereocenters. The van der Waals surface area contributed by atoms with Gasteiger partial charge in [0.2, 0.25) is 0 Å². The molecule has 5 nitrogen and oxygen atoms in total. The molecule has 130 valence electrons. The average molecular weight is 343 g/mol. The number of fused-ring (bicyclic) bond motifs is 1. The second-order valence-electron chi connectivity index (χ2n) is 6.94. The smallest absolute Gasteiger partial charge is 0.129 e. The fourth-order valence-electron chi connectivity index (χ4n) is 3.80. The van der Waals surface area contributed by atoms with Crippen LogP contribution in [0.2, 0.25) is 0 Å². The molecule has 1 N–H and O–H groups in total. The van der Waals surface area contributed by atoms with Gasteiger partial charge in [-0.15, -0.1) is 0 Å². The van der Waals surface area contributed by atoms with E-state index in [1.54, 1.807) is 0 Å². The maximum atomic E-state index is 4.81. The number of nitrogens with zero attached hydrogens (tertiary/aromatic N) is 4. The molecule has 0 amide bonds. The van der Waals surface area contributed by atoms with E-state index in [4.69, 9.17) is 4.98 Å². The molecule has 4 heterocycles. The van der Waals surface area contributed by atoms with Gasteiger partial charge in [0.1, 0.15) is 5.82 Å². The molecule has 3 aromatic rings. The number of nitrogens with one attached hydrogen (secondary N) is 1. The first-order chi connectivity index (χ1) is 12.9. The molecule has 0 aliphatic carbocycles. The molecule has 1 fully saturated rings. The lowest BCUT2D eigenvalue weighted by Gasteiger charge is -2.40. The fraction of sp³-hybridized carbons (Fsp3) is 0.286. The van der Waals surface area contributed by atoms with Gasteiger partial charge in [-0.3, -0.25) is 9.97 Å². The zero-order chi connectivity index (χ0) is 17.3. The van der Waals surface area contributed by atoms with Gasteiger partial charge < -0.3 is 10.2 Å². The molecular weight excluding hydrogens is 322 g/mol.